The van der Waals surface area contributed by atoms with Gasteiger partial charge in [0.1, 0.15) is 10.5 Å². The molecular formula is C16H9ClF3N5O2. The Morgan fingerprint density at radius 3 is 2.59 bits per heavy atom. The van der Waals surface area contributed by atoms with Crippen LogP contribution in [0.2, 0.25) is 5.02 Å². The quantitative estimate of drug-likeness (QED) is 0.537. The van der Waals surface area contributed by atoms with Gasteiger partial charge in [-0.1, -0.05) is 11.6 Å². The minimum atomic E-state index is -4.85. The summed E-state index contributed by atoms with van der Waals surface area (Å²) in [7, 11) is 1.71. The molecule has 0 bridgehead atoms. The van der Waals surface area contributed by atoms with Crippen molar-refractivity contribution in [3.05, 3.63) is 61.8 Å². The van der Waals surface area contributed by atoms with Gasteiger partial charge in [0.2, 0.25) is 5.56 Å². The van der Waals surface area contributed by atoms with E-state index in [1.807, 2.05) is 0 Å². The van der Waals surface area contributed by atoms with E-state index in [4.69, 9.17) is 11.6 Å². The van der Waals surface area contributed by atoms with E-state index in [0.717, 1.165) is 4.68 Å². The van der Waals surface area contributed by atoms with Crippen LogP contribution in [0, 0.1) is 0 Å². The van der Waals surface area contributed by atoms with E-state index in [1.165, 1.54) is 6.07 Å². The first-order chi connectivity index (χ1) is 12.6. The predicted molar refractivity (Wildman–Crippen MR) is 92.2 cm³/mol. The molecular weight excluding hydrogens is 387 g/mol. The number of benzene rings is 1. The van der Waals surface area contributed by atoms with Crippen molar-refractivity contribution < 1.29 is 13.2 Å². The molecule has 4 aromatic rings. The topological polar surface area (TPSA) is 85.6 Å². The second kappa shape index (κ2) is 5.68. The van der Waals surface area contributed by atoms with Gasteiger partial charge in [-0.25, -0.2) is 0 Å². The maximum Gasteiger partial charge on any atom is 0.418 e. The maximum atomic E-state index is 13.3. The van der Waals surface area contributed by atoms with Crippen LogP contribution in [0.3, 0.4) is 0 Å². The summed E-state index contributed by atoms with van der Waals surface area (Å²) in [5.41, 5.74) is -3.41. The lowest BCUT2D eigenvalue weighted by Gasteiger charge is -2.12. The number of hydrogen-bond acceptors (Lipinski definition) is 4. The van der Waals surface area contributed by atoms with Crippen LogP contribution >= 0.6 is 11.6 Å². The lowest BCUT2D eigenvalue weighted by molar-refractivity contribution is -0.136. The Morgan fingerprint density at radius 1 is 1.15 bits per heavy atom. The zero-order chi connectivity index (χ0) is 19.5. The van der Waals surface area contributed by atoms with E-state index >= 15 is 0 Å². The molecule has 0 aliphatic rings. The standard InChI is InChI=1S/C16H9ClF3N5O2/c1-24-6-7-4-8(2-3-10(7)22-24)25-15(27)12(17)14-13(23-25)9(16(18,19)20)5-11(26)21-14/h2-6H,1H3,(H,21,26). The van der Waals surface area contributed by atoms with E-state index in [2.05, 4.69) is 15.2 Å². The van der Waals surface area contributed by atoms with Crippen LogP contribution in [0.4, 0.5) is 13.2 Å². The van der Waals surface area contributed by atoms with Gasteiger partial charge in [0, 0.05) is 24.7 Å². The number of nitrogens with one attached hydrogen (secondary N) is 1. The van der Waals surface area contributed by atoms with Crippen molar-refractivity contribution in [3.8, 4) is 5.69 Å². The molecule has 1 N–H and O–H groups in total. The van der Waals surface area contributed by atoms with Gasteiger partial charge in [0.15, 0.2) is 0 Å². The molecule has 11 heteroatoms. The SMILES string of the molecule is Cn1cc2cc(-n3nc4c(C(F)(F)F)cc(=O)[nH]c4c(Cl)c3=O)ccc2n1. The molecule has 0 aliphatic carbocycles. The van der Waals surface area contributed by atoms with Gasteiger partial charge < -0.3 is 4.98 Å². The summed E-state index contributed by atoms with van der Waals surface area (Å²) in [5, 5.41) is 8.12. The van der Waals surface area contributed by atoms with Crippen LogP contribution < -0.4 is 11.1 Å². The number of alkyl halides is 3. The van der Waals surface area contributed by atoms with Crippen molar-refractivity contribution in [2.45, 2.75) is 6.18 Å². The minimum absolute atomic E-state index is 0.212. The first-order valence-corrected chi connectivity index (χ1v) is 7.90. The Kier molecular flexibility index (Phi) is 3.63. The van der Waals surface area contributed by atoms with Crippen molar-refractivity contribution in [1.82, 2.24) is 24.5 Å². The molecule has 0 saturated carbocycles. The number of pyridine rings is 1. The highest BCUT2D eigenvalue weighted by atomic mass is 35.5. The molecule has 0 saturated heterocycles. The molecule has 7 nitrogen and oxygen atoms in total. The molecule has 0 amide bonds. The number of rotatable bonds is 1. The number of halogens is 4. The van der Waals surface area contributed by atoms with Crippen LogP contribution in [0.15, 0.2) is 40.1 Å². The van der Waals surface area contributed by atoms with Gasteiger partial charge in [-0.2, -0.15) is 28.1 Å². The second-order valence-corrected chi connectivity index (χ2v) is 6.22. The molecule has 0 aliphatic heterocycles. The summed E-state index contributed by atoms with van der Waals surface area (Å²) in [6.07, 6.45) is -3.16. The lowest BCUT2D eigenvalue weighted by atomic mass is 10.2. The molecule has 27 heavy (non-hydrogen) atoms. The van der Waals surface area contributed by atoms with Gasteiger partial charge in [-0.05, 0) is 18.2 Å². The molecule has 0 atom stereocenters. The highest BCUT2D eigenvalue weighted by Gasteiger charge is 2.35. The zero-order valence-electron chi connectivity index (χ0n) is 13.5. The van der Waals surface area contributed by atoms with Gasteiger partial charge in [-0.3, -0.25) is 14.3 Å². The van der Waals surface area contributed by atoms with Crippen LogP contribution in [0.5, 0.6) is 0 Å². The Balaban J connectivity index is 2.09. The number of nitrogens with zero attached hydrogens (tertiary/aromatic N) is 4. The molecule has 0 unspecified atom stereocenters. The number of hydrogen-bond donors (Lipinski definition) is 1. The smallest absolute Gasteiger partial charge is 0.319 e. The van der Waals surface area contributed by atoms with E-state index in [0.29, 0.717) is 17.0 Å². The Bertz CT molecular complexity index is 1340. The first-order valence-electron chi connectivity index (χ1n) is 7.52. The minimum Gasteiger partial charge on any atom is -0.319 e. The summed E-state index contributed by atoms with van der Waals surface area (Å²) in [6, 6.07) is 5.03. The van der Waals surface area contributed by atoms with Gasteiger partial charge in [-0.15, -0.1) is 0 Å². The second-order valence-electron chi connectivity index (χ2n) is 5.85. The van der Waals surface area contributed by atoms with Crippen LogP contribution in [-0.4, -0.2) is 24.5 Å². The fourth-order valence-electron chi connectivity index (χ4n) is 2.82. The fraction of sp³-hybridized carbons (Fsp3) is 0.125. The Morgan fingerprint density at radius 2 is 1.89 bits per heavy atom. The van der Waals surface area contributed by atoms with Crippen molar-refractivity contribution in [1.29, 1.82) is 0 Å². The van der Waals surface area contributed by atoms with E-state index in [9.17, 15) is 22.8 Å². The summed E-state index contributed by atoms with van der Waals surface area (Å²) in [4.78, 5) is 26.2. The third kappa shape index (κ3) is 2.78. The van der Waals surface area contributed by atoms with E-state index < -0.39 is 38.9 Å². The molecule has 4 rings (SSSR count). The van der Waals surface area contributed by atoms with E-state index in [1.54, 1.807) is 30.1 Å². The first kappa shape index (κ1) is 17.3. The van der Waals surface area contributed by atoms with Crippen molar-refractivity contribution in [2.75, 3.05) is 0 Å². The molecule has 138 valence electrons. The van der Waals surface area contributed by atoms with Crippen LogP contribution in [0.25, 0.3) is 27.6 Å². The predicted octanol–water partition coefficient (Wildman–Crippen LogP) is 2.63. The molecule has 1 aromatic carbocycles. The molecule has 0 radical (unpaired) electrons. The van der Waals surface area contributed by atoms with Crippen LogP contribution in [0.1, 0.15) is 5.56 Å². The largest absolute Gasteiger partial charge is 0.418 e. The molecule has 3 heterocycles. The summed E-state index contributed by atoms with van der Waals surface area (Å²) >= 11 is 5.97. The highest BCUT2D eigenvalue weighted by molar-refractivity contribution is 6.34. The van der Waals surface area contributed by atoms with Crippen molar-refractivity contribution in [3.63, 3.8) is 0 Å². The number of H-pyrrole nitrogens is 1. The van der Waals surface area contributed by atoms with Gasteiger partial charge in [0.05, 0.1) is 22.3 Å². The third-order valence-electron chi connectivity index (χ3n) is 3.97. The van der Waals surface area contributed by atoms with E-state index in [-0.39, 0.29) is 5.69 Å². The lowest BCUT2D eigenvalue weighted by Crippen LogP contribution is -2.25. The third-order valence-corrected chi connectivity index (χ3v) is 4.32. The average Bonchev–Trinajstić information content (AvgIpc) is 2.96. The Hall–Kier alpha value is -3.14. The van der Waals surface area contributed by atoms with Gasteiger partial charge >= 0.3 is 6.18 Å². The van der Waals surface area contributed by atoms with Gasteiger partial charge in [0.25, 0.3) is 5.56 Å². The van der Waals surface area contributed by atoms with Crippen molar-refractivity contribution in [2.24, 2.45) is 7.05 Å². The van der Waals surface area contributed by atoms with Crippen LogP contribution in [-0.2, 0) is 13.2 Å². The molecule has 0 spiro atoms. The number of aryl methyl sites for hydroxylation is 1. The number of fused-ring (bicyclic) bond motifs is 2. The highest BCUT2D eigenvalue weighted by Crippen LogP contribution is 2.33. The summed E-state index contributed by atoms with van der Waals surface area (Å²) in [5.74, 6) is 0. The summed E-state index contributed by atoms with van der Waals surface area (Å²) < 4.78 is 42.4. The fourth-order valence-corrected chi connectivity index (χ4v) is 3.04. The number of aromatic nitrogens is 5. The monoisotopic (exact) mass is 395 g/mol. The maximum absolute atomic E-state index is 13.3. The average molecular weight is 396 g/mol. The zero-order valence-corrected chi connectivity index (χ0v) is 14.3. The molecule has 0 fully saturated rings. The normalized spacial score (nSPS) is 12.2. The number of aromatic amines is 1. The summed E-state index contributed by atoms with van der Waals surface area (Å²) in [6.45, 7) is 0. The van der Waals surface area contributed by atoms with Crippen molar-refractivity contribution >= 4 is 33.5 Å². The molecule has 3 aromatic heterocycles. The Labute approximate surface area is 152 Å².